The zero-order chi connectivity index (χ0) is 11.8. The van der Waals surface area contributed by atoms with Gasteiger partial charge < -0.3 is 0 Å². The SMILES string of the molecule is CCSc1ccc(CC(C)CSC#N)cc1. The van der Waals surface area contributed by atoms with Crippen LogP contribution in [0.2, 0.25) is 0 Å². The topological polar surface area (TPSA) is 23.8 Å². The molecule has 0 amide bonds. The number of nitrogens with zero attached hydrogens (tertiary/aromatic N) is 1. The van der Waals surface area contributed by atoms with Gasteiger partial charge in [-0.1, -0.05) is 26.0 Å². The Balaban J connectivity index is 2.45. The molecule has 0 bridgehead atoms. The van der Waals surface area contributed by atoms with E-state index in [1.807, 2.05) is 11.8 Å². The first-order valence-corrected chi connectivity index (χ1v) is 7.46. The second kappa shape index (κ2) is 7.65. The van der Waals surface area contributed by atoms with E-state index in [4.69, 9.17) is 5.26 Å². The summed E-state index contributed by atoms with van der Waals surface area (Å²) in [5.41, 5.74) is 1.37. The van der Waals surface area contributed by atoms with Crippen LogP contribution < -0.4 is 0 Å². The molecule has 0 N–H and O–H groups in total. The maximum Gasteiger partial charge on any atom is 0.133 e. The van der Waals surface area contributed by atoms with Gasteiger partial charge in [-0.2, -0.15) is 5.26 Å². The van der Waals surface area contributed by atoms with Gasteiger partial charge in [-0.3, -0.25) is 0 Å². The number of benzene rings is 1. The Bertz CT molecular complexity index is 340. The highest BCUT2D eigenvalue weighted by molar-refractivity contribution is 8.03. The lowest BCUT2D eigenvalue weighted by molar-refractivity contribution is 0.659. The zero-order valence-electron chi connectivity index (χ0n) is 9.77. The average molecular weight is 251 g/mol. The Hall–Kier alpha value is -0.590. The number of thiocyanates is 1. The normalized spacial score (nSPS) is 12.1. The average Bonchev–Trinajstić information content (AvgIpc) is 2.29. The lowest BCUT2D eigenvalue weighted by Crippen LogP contribution is -2.02. The maximum absolute atomic E-state index is 8.49. The van der Waals surface area contributed by atoms with Crippen LogP contribution in [0.15, 0.2) is 29.2 Å². The summed E-state index contributed by atoms with van der Waals surface area (Å²) in [6, 6.07) is 8.78. The monoisotopic (exact) mass is 251 g/mol. The van der Waals surface area contributed by atoms with Crippen molar-refractivity contribution in [3.63, 3.8) is 0 Å². The van der Waals surface area contributed by atoms with E-state index < -0.39 is 0 Å². The molecule has 0 aliphatic heterocycles. The van der Waals surface area contributed by atoms with Crippen LogP contribution in [0.1, 0.15) is 19.4 Å². The van der Waals surface area contributed by atoms with Crippen molar-refractivity contribution in [3.8, 4) is 5.40 Å². The van der Waals surface area contributed by atoms with Crippen molar-refractivity contribution in [1.29, 1.82) is 5.26 Å². The molecule has 1 unspecified atom stereocenters. The first kappa shape index (κ1) is 13.5. The Morgan fingerprint density at radius 2 is 2.00 bits per heavy atom. The van der Waals surface area contributed by atoms with E-state index in [9.17, 15) is 0 Å². The van der Waals surface area contributed by atoms with Crippen molar-refractivity contribution in [2.45, 2.75) is 25.2 Å². The first-order chi connectivity index (χ1) is 7.76. The van der Waals surface area contributed by atoms with Gasteiger partial charge in [-0.15, -0.1) is 11.8 Å². The van der Waals surface area contributed by atoms with Crippen LogP contribution in [-0.2, 0) is 6.42 Å². The maximum atomic E-state index is 8.49. The standard InChI is InChI=1S/C13H17NS2/c1-3-16-13-6-4-12(5-7-13)8-11(2)9-15-10-14/h4-7,11H,3,8-9H2,1-2H3. The summed E-state index contributed by atoms with van der Waals surface area (Å²) < 4.78 is 0. The lowest BCUT2D eigenvalue weighted by Gasteiger charge is -2.09. The fourth-order valence-corrected chi connectivity index (χ4v) is 2.67. The van der Waals surface area contributed by atoms with E-state index in [1.54, 1.807) is 0 Å². The summed E-state index contributed by atoms with van der Waals surface area (Å²) in [6.07, 6.45) is 1.06. The summed E-state index contributed by atoms with van der Waals surface area (Å²) in [4.78, 5) is 1.34. The molecule has 0 saturated carbocycles. The molecule has 86 valence electrons. The molecule has 1 rings (SSSR count). The fraction of sp³-hybridized carbons (Fsp3) is 0.462. The lowest BCUT2D eigenvalue weighted by atomic mass is 10.0. The fourth-order valence-electron chi connectivity index (χ4n) is 1.53. The second-order valence-electron chi connectivity index (χ2n) is 3.79. The molecule has 1 nitrogen and oxygen atoms in total. The molecule has 0 spiro atoms. The third-order valence-corrected chi connectivity index (χ3v) is 4.01. The summed E-state index contributed by atoms with van der Waals surface area (Å²) >= 11 is 3.22. The van der Waals surface area contributed by atoms with Crippen molar-refractivity contribution in [3.05, 3.63) is 29.8 Å². The summed E-state index contributed by atoms with van der Waals surface area (Å²) in [6.45, 7) is 4.36. The molecule has 0 saturated heterocycles. The Labute approximate surface area is 107 Å². The van der Waals surface area contributed by atoms with Gasteiger partial charge in [0.1, 0.15) is 5.40 Å². The minimum atomic E-state index is 0.564. The van der Waals surface area contributed by atoms with Crippen LogP contribution in [0, 0.1) is 16.6 Å². The quantitative estimate of drug-likeness (QED) is 0.559. The molecule has 16 heavy (non-hydrogen) atoms. The zero-order valence-corrected chi connectivity index (χ0v) is 11.4. The van der Waals surface area contributed by atoms with Crippen molar-refractivity contribution >= 4 is 23.5 Å². The van der Waals surface area contributed by atoms with Gasteiger partial charge in [0.25, 0.3) is 0 Å². The van der Waals surface area contributed by atoms with Gasteiger partial charge in [0.05, 0.1) is 0 Å². The molecule has 0 radical (unpaired) electrons. The minimum Gasteiger partial charge on any atom is -0.185 e. The minimum absolute atomic E-state index is 0.564. The first-order valence-electron chi connectivity index (χ1n) is 5.49. The summed E-state index contributed by atoms with van der Waals surface area (Å²) in [5, 5.41) is 10.6. The van der Waals surface area contributed by atoms with Gasteiger partial charge in [0.15, 0.2) is 0 Å². The predicted octanol–water partition coefficient (Wildman–Crippen LogP) is 4.19. The third-order valence-electron chi connectivity index (χ3n) is 2.25. The molecule has 0 fully saturated rings. The molecule has 0 heterocycles. The Morgan fingerprint density at radius 3 is 2.56 bits per heavy atom. The molecular formula is C13H17NS2. The molecule has 1 atom stereocenters. The number of thioether (sulfide) groups is 2. The van der Waals surface area contributed by atoms with Crippen molar-refractivity contribution in [2.75, 3.05) is 11.5 Å². The molecule has 0 aliphatic carbocycles. The molecule has 3 heteroatoms. The highest BCUT2D eigenvalue weighted by Crippen LogP contribution is 2.19. The molecular weight excluding hydrogens is 234 g/mol. The van der Waals surface area contributed by atoms with E-state index in [1.165, 1.54) is 22.2 Å². The van der Waals surface area contributed by atoms with E-state index in [-0.39, 0.29) is 0 Å². The predicted molar refractivity (Wildman–Crippen MR) is 73.8 cm³/mol. The van der Waals surface area contributed by atoms with Crippen molar-refractivity contribution < 1.29 is 0 Å². The largest absolute Gasteiger partial charge is 0.185 e. The number of hydrogen-bond acceptors (Lipinski definition) is 3. The van der Waals surface area contributed by atoms with Gasteiger partial charge in [0, 0.05) is 10.6 Å². The van der Waals surface area contributed by atoms with Gasteiger partial charge in [-0.05, 0) is 47.5 Å². The summed E-state index contributed by atoms with van der Waals surface area (Å²) in [7, 11) is 0. The van der Waals surface area contributed by atoms with Crippen LogP contribution >= 0.6 is 23.5 Å². The third kappa shape index (κ3) is 4.96. The Morgan fingerprint density at radius 1 is 1.31 bits per heavy atom. The van der Waals surface area contributed by atoms with E-state index in [2.05, 4.69) is 43.5 Å². The second-order valence-corrected chi connectivity index (χ2v) is 5.93. The van der Waals surface area contributed by atoms with E-state index >= 15 is 0 Å². The van der Waals surface area contributed by atoms with Crippen LogP contribution in [0.4, 0.5) is 0 Å². The molecule has 0 aromatic heterocycles. The molecule has 1 aromatic carbocycles. The smallest absolute Gasteiger partial charge is 0.133 e. The van der Waals surface area contributed by atoms with Gasteiger partial charge >= 0.3 is 0 Å². The summed E-state index contributed by atoms with van der Waals surface area (Å²) in [5.74, 6) is 2.60. The van der Waals surface area contributed by atoms with Crippen molar-refractivity contribution in [1.82, 2.24) is 0 Å². The highest BCUT2D eigenvalue weighted by Gasteiger charge is 2.04. The molecule has 0 aliphatic rings. The van der Waals surface area contributed by atoms with Gasteiger partial charge in [-0.25, -0.2) is 0 Å². The van der Waals surface area contributed by atoms with Crippen LogP contribution in [0.5, 0.6) is 0 Å². The number of rotatable bonds is 6. The van der Waals surface area contributed by atoms with Crippen LogP contribution in [-0.4, -0.2) is 11.5 Å². The van der Waals surface area contributed by atoms with Crippen molar-refractivity contribution in [2.24, 2.45) is 5.92 Å². The van der Waals surface area contributed by atoms with E-state index in [0.717, 1.165) is 17.9 Å². The van der Waals surface area contributed by atoms with E-state index in [0.29, 0.717) is 5.92 Å². The Kier molecular flexibility index (Phi) is 6.44. The molecule has 1 aromatic rings. The number of hydrogen-bond donors (Lipinski definition) is 0. The van der Waals surface area contributed by atoms with Gasteiger partial charge in [0.2, 0.25) is 0 Å². The van der Waals surface area contributed by atoms with Crippen LogP contribution in [0.25, 0.3) is 0 Å². The highest BCUT2D eigenvalue weighted by atomic mass is 32.2. The number of nitriles is 1. The van der Waals surface area contributed by atoms with Crippen LogP contribution in [0.3, 0.4) is 0 Å².